The minimum absolute atomic E-state index is 0.401. The number of hydrogen-bond donors (Lipinski definition) is 0. The number of hydrogen-bond acceptors (Lipinski definition) is 5. The van der Waals surface area contributed by atoms with Crippen molar-refractivity contribution in [1.29, 1.82) is 0 Å². The van der Waals surface area contributed by atoms with Crippen LogP contribution in [-0.2, 0) is 0 Å². The van der Waals surface area contributed by atoms with E-state index in [0.717, 1.165) is 5.56 Å². The first-order valence-electron chi connectivity index (χ1n) is 7.80. The molecule has 0 aliphatic rings. The lowest BCUT2D eigenvalue weighted by Crippen LogP contribution is -2.09. The van der Waals surface area contributed by atoms with E-state index in [1.54, 1.807) is 30.5 Å². The van der Waals surface area contributed by atoms with Crippen LogP contribution in [0.15, 0.2) is 71.3 Å². The molecule has 2 aromatic carbocycles. The highest BCUT2D eigenvalue weighted by atomic mass is 16.5. The molecule has 5 nitrogen and oxygen atoms in total. The van der Waals surface area contributed by atoms with Crippen molar-refractivity contribution in [2.75, 3.05) is 0 Å². The number of rotatable bonds is 3. The van der Waals surface area contributed by atoms with Gasteiger partial charge in [-0.25, -0.2) is 9.78 Å². The number of benzene rings is 2. The van der Waals surface area contributed by atoms with Gasteiger partial charge in [-0.05, 0) is 42.8 Å². The van der Waals surface area contributed by atoms with Gasteiger partial charge in [-0.15, -0.1) is 0 Å². The van der Waals surface area contributed by atoms with E-state index in [0.29, 0.717) is 34.0 Å². The molecule has 0 unspecified atom stereocenters. The summed E-state index contributed by atoms with van der Waals surface area (Å²) in [4.78, 5) is 20.9. The van der Waals surface area contributed by atoms with E-state index in [2.05, 4.69) is 9.97 Å². The van der Waals surface area contributed by atoms with E-state index in [-0.39, 0.29) is 0 Å². The Morgan fingerprint density at radius 1 is 1.04 bits per heavy atom. The average Bonchev–Trinajstić information content (AvgIpc) is 3.06. The topological polar surface area (TPSA) is 65.2 Å². The summed E-state index contributed by atoms with van der Waals surface area (Å²) in [7, 11) is 0. The molecule has 0 bridgehead atoms. The Labute approximate surface area is 143 Å². The van der Waals surface area contributed by atoms with Crippen LogP contribution < -0.4 is 4.74 Å². The van der Waals surface area contributed by atoms with Crippen molar-refractivity contribution < 1.29 is 13.9 Å². The van der Waals surface area contributed by atoms with Gasteiger partial charge in [0.05, 0.1) is 5.56 Å². The molecule has 0 atom stereocenters. The number of esters is 1. The number of fused-ring (bicyclic) bond motifs is 1. The first-order valence-corrected chi connectivity index (χ1v) is 7.80. The largest absolute Gasteiger partial charge is 0.435 e. The molecule has 2 aromatic heterocycles. The van der Waals surface area contributed by atoms with Gasteiger partial charge in [0.1, 0.15) is 17.0 Å². The zero-order valence-electron chi connectivity index (χ0n) is 13.5. The number of ether oxygens (including phenoxy) is 1. The van der Waals surface area contributed by atoms with Crippen LogP contribution in [0.4, 0.5) is 0 Å². The summed E-state index contributed by atoms with van der Waals surface area (Å²) in [6.07, 6.45) is 1.68. The summed E-state index contributed by atoms with van der Waals surface area (Å²) in [5, 5.41) is 0. The van der Waals surface area contributed by atoms with E-state index in [1.807, 2.05) is 43.3 Å². The van der Waals surface area contributed by atoms with Gasteiger partial charge in [-0.2, -0.15) is 0 Å². The first kappa shape index (κ1) is 15.1. The third kappa shape index (κ3) is 2.99. The number of aromatic nitrogens is 2. The number of pyridine rings is 1. The lowest BCUT2D eigenvalue weighted by molar-refractivity contribution is 0.0734. The molecule has 0 aliphatic heterocycles. The smallest absolute Gasteiger partial charge is 0.343 e. The van der Waals surface area contributed by atoms with Crippen molar-refractivity contribution in [3.05, 3.63) is 78.0 Å². The Bertz CT molecular complexity index is 1050. The van der Waals surface area contributed by atoms with E-state index >= 15 is 0 Å². The molecule has 122 valence electrons. The minimum atomic E-state index is -0.401. The summed E-state index contributed by atoms with van der Waals surface area (Å²) in [5.74, 6) is 0.435. The van der Waals surface area contributed by atoms with E-state index < -0.39 is 5.97 Å². The maximum Gasteiger partial charge on any atom is 0.343 e. The van der Waals surface area contributed by atoms with Crippen molar-refractivity contribution in [3.8, 4) is 17.3 Å². The van der Waals surface area contributed by atoms with Crippen LogP contribution in [-0.4, -0.2) is 15.9 Å². The molecule has 4 aromatic rings. The van der Waals surface area contributed by atoms with Gasteiger partial charge in [-0.3, -0.25) is 4.98 Å². The van der Waals surface area contributed by atoms with Gasteiger partial charge in [0.2, 0.25) is 5.89 Å². The molecule has 0 saturated heterocycles. The van der Waals surface area contributed by atoms with Gasteiger partial charge in [-0.1, -0.05) is 24.3 Å². The molecule has 2 heterocycles. The Morgan fingerprint density at radius 2 is 1.88 bits per heavy atom. The zero-order valence-corrected chi connectivity index (χ0v) is 13.5. The molecule has 0 saturated carbocycles. The number of carbonyl (C=O) groups is 1. The molecule has 0 spiro atoms. The third-order valence-electron chi connectivity index (χ3n) is 3.82. The predicted octanol–water partition coefficient (Wildman–Crippen LogP) is 4.42. The lowest BCUT2D eigenvalue weighted by atomic mass is 10.1. The Balaban J connectivity index is 1.63. The SMILES string of the molecule is Cc1ccccc1C(=O)Oc1ccc2nc(-c3ccccn3)oc2c1. The molecule has 0 radical (unpaired) electrons. The van der Waals surface area contributed by atoms with E-state index in [9.17, 15) is 4.79 Å². The molecule has 0 N–H and O–H groups in total. The van der Waals surface area contributed by atoms with Crippen LogP contribution in [0.5, 0.6) is 5.75 Å². The summed E-state index contributed by atoms with van der Waals surface area (Å²) >= 11 is 0. The lowest BCUT2D eigenvalue weighted by Gasteiger charge is -2.06. The highest BCUT2D eigenvalue weighted by molar-refractivity contribution is 5.93. The van der Waals surface area contributed by atoms with Crippen LogP contribution in [0.25, 0.3) is 22.7 Å². The van der Waals surface area contributed by atoms with Gasteiger partial charge in [0, 0.05) is 12.3 Å². The second kappa shape index (κ2) is 6.20. The quantitative estimate of drug-likeness (QED) is 0.411. The van der Waals surface area contributed by atoms with Crippen LogP contribution in [0, 0.1) is 6.92 Å². The van der Waals surface area contributed by atoms with Crippen molar-refractivity contribution in [2.45, 2.75) is 6.92 Å². The molecule has 25 heavy (non-hydrogen) atoms. The van der Waals surface area contributed by atoms with Crippen molar-refractivity contribution in [3.63, 3.8) is 0 Å². The molecule has 0 amide bonds. The fraction of sp³-hybridized carbons (Fsp3) is 0.0500. The first-order chi connectivity index (χ1) is 12.2. The standard InChI is InChI=1S/C20H14N2O3/c1-13-6-2-3-7-15(13)20(23)24-14-9-10-16-18(12-14)25-19(22-16)17-8-4-5-11-21-17/h2-12H,1H3. The second-order valence-electron chi connectivity index (χ2n) is 5.57. The molecular weight excluding hydrogens is 316 g/mol. The molecule has 0 fully saturated rings. The second-order valence-corrected chi connectivity index (χ2v) is 5.57. The maximum absolute atomic E-state index is 12.3. The zero-order chi connectivity index (χ0) is 17.2. The van der Waals surface area contributed by atoms with E-state index in [1.165, 1.54) is 0 Å². The highest BCUT2D eigenvalue weighted by Crippen LogP contribution is 2.26. The monoisotopic (exact) mass is 330 g/mol. The van der Waals surface area contributed by atoms with Crippen LogP contribution in [0.1, 0.15) is 15.9 Å². The fourth-order valence-corrected chi connectivity index (χ4v) is 2.53. The van der Waals surface area contributed by atoms with Gasteiger partial charge < -0.3 is 9.15 Å². The number of aryl methyl sites for hydroxylation is 1. The van der Waals surface area contributed by atoms with Crippen molar-refractivity contribution in [1.82, 2.24) is 9.97 Å². The van der Waals surface area contributed by atoms with E-state index in [4.69, 9.17) is 9.15 Å². The summed E-state index contributed by atoms with van der Waals surface area (Å²) in [6, 6.07) is 17.9. The van der Waals surface area contributed by atoms with Gasteiger partial charge >= 0.3 is 5.97 Å². The Hall–Kier alpha value is -3.47. The van der Waals surface area contributed by atoms with Crippen molar-refractivity contribution in [2.24, 2.45) is 0 Å². The van der Waals surface area contributed by atoms with Gasteiger partial charge in [0.25, 0.3) is 0 Å². The molecule has 5 heteroatoms. The van der Waals surface area contributed by atoms with Gasteiger partial charge in [0.15, 0.2) is 5.58 Å². The molecule has 4 rings (SSSR count). The Morgan fingerprint density at radius 3 is 2.68 bits per heavy atom. The fourth-order valence-electron chi connectivity index (χ4n) is 2.53. The van der Waals surface area contributed by atoms with Crippen LogP contribution in [0.2, 0.25) is 0 Å². The number of nitrogens with zero attached hydrogens (tertiary/aromatic N) is 2. The van der Waals surface area contributed by atoms with Crippen LogP contribution >= 0.6 is 0 Å². The minimum Gasteiger partial charge on any atom is -0.435 e. The maximum atomic E-state index is 12.3. The summed E-state index contributed by atoms with van der Waals surface area (Å²) < 4.78 is 11.2. The predicted molar refractivity (Wildman–Crippen MR) is 93.4 cm³/mol. The van der Waals surface area contributed by atoms with Crippen LogP contribution in [0.3, 0.4) is 0 Å². The summed E-state index contributed by atoms with van der Waals surface area (Å²) in [5.41, 5.74) is 3.27. The Kier molecular flexibility index (Phi) is 3.74. The summed E-state index contributed by atoms with van der Waals surface area (Å²) in [6.45, 7) is 1.87. The number of oxazole rings is 1. The van der Waals surface area contributed by atoms with Crippen molar-refractivity contribution >= 4 is 17.1 Å². The highest BCUT2D eigenvalue weighted by Gasteiger charge is 2.14. The number of carbonyl (C=O) groups excluding carboxylic acids is 1. The molecular formula is C20H14N2O3. The average molecular weight is 330 g/mol. The third-order valence-corrected chi connectivity index (χ3v) is 3.82. The normalized spacial score (nSPS) is 10.8. The molecule has 0 aliphatic carbocycles.